The lowest BCUT2D eigenvalue weighted by atomic mass is 10.2. The lowest BCUT2D eigenvalue weighted by Gasteiger charge is -2.09. The van der Waals surface area contributed by atoms with Gasteiger partial charge in [0.2, 0.25) is 5.06 Å². The van der Waals surface area contributed by atoms with Gasteiger partial charge in [-0.2, -0.15) is 0 Å². The van der Waals surface area contributed by atoms with Crippen LogP contribution < -0.4 is 15.8 Å². The zero-order valence-corrected chi connectivity index (χ0v) is 17.8. The first-order valence-corrected chi connectivity index (χ1v) is 10.4. The predicted molar refractivity (Wildman–Crippen MR) is 120 cm³/mol. The maximum Gasteiger partial charge on any atom is 0.267 e. The van der Waals surface area contributed by atoms with Crippen molar-refractivity contribution >= 4 is 28.7 Å². The Labute approximate surface area is 183 Å². The van der Waals surface area contributed by atoms with Crippen LogP contribution in [0.25, 0.3) is 11.4 Å². The minimum absolute atomic E-state index is 0.171. The number of hydrogen-bond donors (Lipinski definition) is 2. The van der Waals surface area contributed by atoms with Gasteiger partial charge in [-0.05, 0) is 43.7 Å². The van der Waals surface area contributed by atoms with Gasteiger partial charge in [-0.25, -0.2) is 9.97 Å². The monoisotopic (exact) mass is 432 g/mol. The molecule has 0 saturated heterocycles. The minimum Gasteiger partial charge on any atom is -0.444 e. The van der Waals surface area contributed by atoms with E-state index in [1.54, 1.807) is 30.5 Å². The highest BCUT2D eigenvalue weighted by atomic mass is 32.1. The van der Waals surface area contributed by atoms with E-state index >= 15 is 0 Å². The second-order valence-electron chi connectivity index (χ2n) is 6.66. The molecule has 9 heteroatoms. The molecule has 0 radical (unpaired) electrons. The average Bonchev–Trinajstić information content (AvgIpc) is 3.17. The summed E-state index contributed by atoms with van der Waals surface area (Å²) in [7, 11) is 0. The summed E-state index contributed by atoms with van der Waals surface area (Å²) in [5, 5.41) is 4.77. The Morgan fingerprint density at radius 1 is 1.13 bits per heavy atom. The molecule has 31 heavy (non-hydrogen) atoms. The molecule has 0 spiro atoms. The van der Waals surface area contributed by atoms with E-state index in [1.165, 1.54) is 17.5 Å². The largest absolute Gasteiger partial charge is 0.444 e. The molecule has 156 valence electrons. The first-order chi connectivity index (χ1) is 15.0. The summed E-state index contributed by atoms with van der Waals surface area (Å²) in [5.41, 5.74) is 8.52. The highest BCUT2D eigenvalue weighted by molar-refractivity contribution is 7.14. The van der Waals surface area contributed by atoms with Gasteiger partial charge in [0.15, 0.2) is 0 Å². The zero-order chi connectivity index (χ0) is 21.8. The van der Waals surface area contributed by atoms with Crippen molar-refractivity contribution in [2.24, 2.45) is 5.73 Å². The van der Waals surface area contributed by atoms with Crippen LogP contribution in [0.2, 0.25) is 0 Å². The number of thiazole rings is 1. The van der Waals surface area contributed by atoms with Crippen LogP contribution in [0, 0.1) is 6.92 Å². The van der Waals surface area contributed by atoms with Crippen LogP contribution in [0.4, 0.5) is 11.5 Å². The Morgan fingerprint density at radius 2 is 1.97 bits per heavy atom. The maximum absolute atomic E-state index is 11.3. The third-order valence-corrected chi connectivity index (χ3v) is 5.38. The second kappa shape index (κ2) is 8.88. The topological polar surface area (TPSA) is 116 Å². The molecule has 8 nitrogen and oxygen atoms in total. The van der Waals surface area contributed by atoms with E-state index in [9.17, 15) is 4.79 Å². The molecule has 4 aromatic rings. The number of nitrogens with one attached hydrogen (secondary N) is 1. The Balaban J connectivity index is 1.60. The van der Waals surface area contributed by atoms with Crippen molar-refractivity contribution in [3.63, 3.8) is 0 Å². The Hall–Kier alpha value is -3.85. The third kappa shape index (κ3) is 4.84. The zero-order valence-electron chi connectivity index (χ0n) is 17.0. The van der Waals surface area contributed by atoms with E-state index in [2.05, 4.69) is 27.2 Å². The Morgan fingerprint density at radius 3 is 2.74 bits per heavy atom. The number of amides is 1. The van der Waals surface area contributed by atoms with E-state index in [-0.39, 0.29) is 5.69 Å². The van der Waals surface area contributed by atoms with E-state index in [0.717, 1.165) is 28.5 Å². The predicted octanol–water partition coefficient (Wildman–Crippen LogP) is 4.50. The van der Waals surface area contributed by atoms with Gasteiger partial charge in [0.05, 0.1) is 10.7 Å². The molecule has 4 rings (SSSR count). The van der Waals surface area contributed by atoms with Crippen LogP contribution in [0.5, 0.6) is 10.8 Å². The van der Waals surface area contributed by atoms with Crippen molar-refractivity contribution < 1.29 is 9.53 Å². The number of carbonyl (C=O) groups excluding carboxylic acids is 1. The van der Waals surface area contributed by atoms with Crippen LogP contribution in [-0.4, -0.2) is 25.8 Å². The number of rotatable bonds is 7. The number of primary amides is 1. The van der Waals surface area contributed by atoms with Crippen molar-refractivity contribution in [1.29, 1.82) is 0 Å². The molecule has 3 N–H and O–H groups in total. The molecule has 1 amide bonds. The first-order valence-electron chi connectivity index (χ1n) is 9.62. The number of anilines is 2. The highest BCUT2D eigenvalue weighted by Crippen LogP contribution is 2.38. The number of aryl methyl sites for hydroxylation is 2. The number of carbonyl (C=O) groups is 1. The van der Waals surface area contributed by atoms with Crippen molar-refractivity contribution in [2.75, 3.05) is 5.32 Å². The van der Waals surface area contributed by atoms with Gasteiger partial charge in [-0.15, -0.1) is 0 Å². The number of ether oxygens (including phenoxy) is 1. The van der Waals surface area contributed by atoms with Crippen molar-refractivity contribution in [3.05, 3.63) is 71.3 Å². The highest BCUT2D eigenvalue weighted by Gasteiger charge is 2.16. The summed E-state index contributed by atoms with van der Waals surface area (Å²) in [6, 6.07) is 12.6. The number of nitrogens with two attached hydrogens (primary N) is 1. The molecule has 0 atom stereocenters. The fraction of sp³-hybridized carbons (Fsp3) is 0.136. The van der Waals surface area contributed by atoms with Gasteiger partial charge in [-0.3, -0.25) is 14.8 Å². The van der Waals surface area contributed by atoms with Gasteiger partial charge in [0.1, 0.15) is 23.0 Å². The van der Waals surface area contributed by atoms with Gasteiger partial charge in [0.25, 0.3) is 5.91 Å². The molecular weight excluding hydrogens is 412 g/mol. The molecule has 0 aliphatic rings. The first kappa shape index (κ1) is 20.4. The van der Waals surface area contributed by atoms with E-state index in [0.29, 0.717) is 22.3 Å². The van der Waals surface area contributed by atoms with E-state index in [4.69, 9.17) is 15.5 Å². The fourth-order valence-electron chi connectivity index (χ4n) is 2.85. The molecule has 0 aliphatic carbocycles. The smallest absolute Gasteiger partial charge is 0.267 e. The van der Waals surface area contributed by atoms with E-state index < -0.39 is 5.91 Å². The Kier molecular flexibility index (Phi) is 5.85. The molecule has 0 saturated carbocycles. The fourth-order valence-corrected chi connectivity index (χ4v) is 3.73. The van der Waals surface area contributed by atoms with Crippen LogP contribution in [0.1, 0.15) is 28.1 Å². The van der Waals surface area contributed by atoms with Crippen LogP contribution in [0.3, 0.4) is 0 Å². The number of nitrogens with zero attached hydrogens (tertiary/aromatic N) is 4. The standard InChI is InChI=1S/C22H20N6O2S/c1-3-19-28-20(16-6-4-5-13(2)26-16)22(31-19)30-15-8-10-25-18(12-15)27-14-7-9-24-17(11-14)21(23)29/h4-12H,3H2,1-2H3,(H2,23,29)(H,24,25,27). The van der Waals surface area contributed by atoms with Crippen LogP contribution >= 0.6 is 11.3 Å². The molecule has 4 heterocycles. The Bertz CT molecular complexity index is 1240. The van der Waals surface area contributed by atoms with Crippen molar-refractivity contribution in [1.82, 2.24) is 19.9 Å². The molecule has 0 unspecified atom stereocenters. The summed E-state index contributed by atoms with van der Waals surface area (Å²) in [4.78, 5) is 28.9. The summed E-state index contributed by atoms with van der Waals surface area (Å²) in [6.45, 7) is 4.00. The van der Waals surface area contributed by atoms with Gasteiger partial charge < -0.3 is 15.8 Å². The lowest BCUT2D eigenvalue weighted by molar-refractivity contribution is 0.0995. The van der Waals surface area contributed by atoms with Crippen molar-refractivity contribution in [2.45, 2.75) is 20.3 Å². The molecule has 0 bridgehead atoms. The third-order valence-electron chi connectivity index (χ3n) is 4.30. The van der Waals surface area contributed by atoms with Crippen LogP contribution in [-0.2, 0) is 6.42 Å². The SMILES string of the molecule is CCc1nc(-c2cccc(C)n2)c(Oc2ccnc(Nc3ccnc(C(N)=O)c3)c2)s1. The number of hydrogen-bond acceptors (Lipinski definition) is 8. The van der Waals surface area contributed by atoms with Gasteiger partial charge in [0, 0.05) is 29.8 Å². The normalized spacial score (nSPS) is 10.6. The molecule has 4 aromatic heterocycles. The van der Waals surface area contributed by atoms with Crippen molar-refractivity contribution in [3.8, 4) is 22.2 Å². The lowest BCUT2D eigenvalue weighted by Crippen LogP contribution is -2.13. The molecule has 0 aliphatic heterocycles. The second-order valence-corrected chi connectivity index (χ2v) is 7.71. The van der Waals surface area contributed by atoms with E-state index in [1.807, 2.05) is 25.1 Å². The van der Waals surface area contributed by atoms with Crippen LogP contribution in [0.15, 0.2) is 54.9 Å². The quantitative estimate of drug-likeness (QED) is 0.442. The number of pyridine rings is 3. The van der Waals surface area contributed by atoms with Gasteiger partial charge >= 0.3 is 0 Å². The summed E-state index contributed by atoms with van der Waals surface area (Å²) >= 11 is 1.50. The summed E-state index contributed by atoms with van der Waals surface area (Å²) in [6.07, 6.45) is 3.95. The summed E-state index contributed by atoms with van der Waals surface area (Å²) < 4.78 is 6.18. The number of aromatic nitrogens is 4. The molecule has 0 aromatic carbocycles. The molecular formula is C22H20N6O2S. The summed E-state index contributed by atoms with van der Waals surface area (Å²) in [5.74, 6) is 0.555. The average molecular weight is 433 g/mol. The maximum atomic E-state index is 11.3. The van der Waals surface area contributed by atoms with Gasteiger partial charge in [-0.1, -0.05) is 24.3 Å². The minimum atomic E-state index is -0.595. The molecule has 0 fully saturated rings.